The van der Waals surface area contributed by atoms with E-state index < -0.39 is 0 Å². The Morgan fingerprint density at radius 1 is 1.38 bits per heavy atom. The molecule has 0 aromatic heterocycles. The van der Waals surface area contributed by atoms with Gasteiger partial charge in [-0.3, -0.25) is 0 Å². The number of rotatable bonds is 4. The first-order valence-electron chi connectivity index (χ1n) is 5.77. The van der Waals surface area contributed by atoms with Crippen LogP contribution < -0.4 is 10.5 Å². The third-order valence-corrected chi connectivity index (χ3v) is 3.16. The molecule has 2 heteroatoms. The molecule has 1 aromatic rings. The average molecular weight is 217 g/mol. The third-order valence-electron chi connectivity index (χ3n) is 3.16. The Hall–Kier alpha value is -1.28. The van der Waals surface area contributed by atoms with Gasteiger partial charge >= 0.3 is 0 Å². The molecule has 0 saturated heterocycles. The lowest BCUT2D eigenvalue weighted by Gasteiger charge is -2.38. The van der Waals surface area contributed by atoms with Crippen molar-refractivity contribution in [2.24, 2.45) is 5.73 Å². The Morgan fingerprint density at radius 3 is 2.44 bits per heavy atom. The molecule has 0 atom stereocenters. The van der Waals surface area contributed by atoms with Crippen LogP contribution in [0.15, 0.2) is 36.4 Å². The first-order chi connectivity index (χ1) is 7.60. The van der Waals surface area contributed by atoms with Crippen molar-refractivity contribution >= 4 is 0 Å². The highest BCUT2D eigenvalue weighted by Crippen LogP contribution is 2.38. The molecule has 0 aliphatic heterocycles. The number of hydrogen-bond acceptors (Lipinski definition) is 2. The quantitative estimate of drug-likeness (QED) is 0.787. The maximum atomic E-state index is 6.24. The minimum Gasteiger partial charge on any atom is -0.489 e. The van der Waals surface area contributed by atoms with Crippen LogP contribution in [0.1, 0.15) is 31.7 Å². The van der Waals surface area contributed by atoms with E-state index in [1.165, 1.54) is 12.0 Å². The van der Waals surface area contributed by atoms with E-state index in [0.717, 1.165) is 24.2 Å². The highest BCUT2D eigenvalue weighted by atomic mass is 16.5. The normalized spacial score (nSPS) is 17.6. The molecule has 1 aliphatic carbocycles. The largest absolute Gasteiger partial charge is 0.489 e. The molecule has 1 saturated carbocycles. The molecule has 1 aliphatic rings. The monoisotopic (exact) mass is 217 g/mol. The Labute approximate surface area is 97.1 Å². The number of nitrogens with two attached hydrogens (primary N) is 1. The van der Waals surface area contributed by atoms with Gasteiger partial charge < -0.3 is 10.5 Å². The van der Waals surface area contributed by atoms with Crippen LogP contribution in [-0.2, 0) is 5.54 Å². The van der Waals surface area contributed by atoms with E-state index in [1.807, 2.05) is 19.1 Å². The fourth-order valence-electron chi connectivity index (χ4n) is 1.94. The van der Waals surface area contributed by atoms with E-state index in [2.05, 4.69) is 18.7 Å². The van der Waals surface area contributed by atoms with Crippen molar-refractivity contribution in [3.63, 3.8) is 0 Å². The summed E-state index contributed by atoms with van der Waals surface area (Å²) in [7, 11) is 0. The summed E-state index contributed by atoms with van der Waals surface area (Å²) in [5.74, 6) is 0.884. The van der Waals surface area contributed by atoms with Gasteiger partial charge in [0.2, 0.25) is 0 Å². The second-order valence-electron chi connectivity index (χ2n) is 4.78. The van der Waals surface area contributed by atoms with Gasteiger partial charge in [0.25, 0.3) is 0 Å². The van der Waals surface area contributed by atoms with Crippen molar-refractivity contribution in [3.05, 3.63) is 42.0 Å². The summed E-state index contributed by atoms with van der Waals surface area (Å²) in [4.78, 5) is 0. The van der Waals surface area contributed by atoms with E-state index >= 15 is 0 Å². The summed E-state index contributed by atoms with van der Waals surface area (Å²) in [6, 6.07) is 8.14. The molecule has 0 radical (unpaired) electrons. The van der Waals surface area contributed by atoms with Gasteiger partial charge in [-0.2, -0.15) is 0 Å². The highest BCUT2D eigenvalue weighted by Gasteiger charge is 2.33. The molecule has 0 heterocycles. The summed E-state index contributed by atoms with van der Waals surface area (Å²) in [5, 5.41) is 0. The second-order valence-corrected chi connectivity index (χ2v) is 4.78. The predicted molar refractivity (Wildman–Crippen MR) is 66.5 cm³/mol. The van der Waals surface area contributed by atoms with Crippen LogP contribution in [0.3, 0.4) is 0 Å². The fourth-order valence-corrected chi connectivity index (χ4v) is 1.94. The molecule has 2 rings (SSSR count). The third kappa shape index (κ3) is 2.27. The van der Waals surface area contributed by atoms with Gasteiger partial charge in [-0.15, -0.1) is 0 Å². The topological polar surface area (TPSA) is 35.2 Å². The van der Waals surface area contributed by atoms with Crippen molar-refractivity contribution in [3.8, 4) is 5.75 Å². The predicted octanol–water partition coefficient (Wildman–Crippen LogP) is 2.98. The molecule has 0 spiro atoms. The van der Waals surface area contributed by atoms with Crippen LogP contribution >= 0.6 is 0 Å². The zero-order valence-electron chi connectivity index (χ0n) is 9.83. The van der Waals surface area contributed by atoms with Gasteiger partial charge in [0.1, 0.15) is 12.4 Å². The summed E-state index contributed by atoms with van der Waals surface area (Å²) in [5.41, 5.74) is 8.41. The van der Waals surface area contributed by atoms with E-state index in [9.17, 15) is 0 Å². The molecule has 0 amide bonds. The van der Waals surface area contributed by atoms with Crippen LogP contribution in [0, 0.1) is 0 Å². The highest BCUT2D eigenvalue weighted by molar-refractivity contribution is 5.33. The van der Waals surface area contributed by atoms with Crippen molar-refractivity contribution < 1.29 is 4.74 Å². The molecular weight excluding hydrogens is 198 g/mol. The van der Waals surface area contributed by atoms with Crippen molar-refractivity contribution in [1.82, 2.24) is 0 Å². The lowest BCUT2D eigenvalue weighted by Crippen LogP contribution is -2.43. The maximum Gasteiger partial charge on any atom is 0.119 e. The smallest absolute Gasteiger partial charge is 0.119 e. The van der Waals surface area contributed by atoms with Gasteiger partial charge in [-0.1, -0.05) is 18.7 Å². The Morgan fingerprint density at radius 2 is 2.00 bits per heavy atom. The summed E-state index contributed by atoms with van der Waals surface area (Å²) in [6.07, 6.45) is 3.43. The first kappa shape index (κ1) is 11.2. The zero-order valence-corrected chi connectivity index (χ0v) is 9.83. The first-order valence-corrected chi connectivity index (χ1v) is 5.77. The van der Waals surface area contributed by atoms with Gasteiger partial charge in [-0.25, -0.2) is 0 Å². The Bertz CT molecular complexity index is 376. The molecular formula is C14H19NO. The van der Waals surface area contributed by atoms with Crippen LogP contribution in [0.25, 0.3) is 0 Å². The van der Waals surface area contributed by atoms with Crippen molar-refractivity contribution in [2.45, 2.75) is 31.7 Å². The molecule has 1 fully saturated rings. The molecule has 0 bridgehead atoms. The van der Waals surface area contributed by atoms with E-state index in [0.29, 0.717) is 6.61 Å². The molecule has 0 unspecified atom stereocenters. The summed E-state index contributed by atoms with van der Waals surface area (Å²) in [6.45, 7) is 6.34. The Kier molecular flexibility index (Phi) is 3.01. The minimum atomic E-state index is -0.0765. The van der Waals surface area contributed by atoms with Gasteiger partial charge in [0, 0.05) is 5.54 Å². The minimum absolute atomic E-state index is 0.0765. The number of benzene rings is 1. The lowest BCUT2D eigenvalue weighted by molar-refractivity contribution is 0.253. The SMILES string of the molecule is C=C(C)COc1ccc(C2(N)CCC2)cc1. The summed E-state index contributed by atoms with van der Waals surface area (Å²) < 4.78 is 5.55. The van der Waals surface area contributed by atoms with Crippen molar-refractivity contribution in [1.29, 1.82) is 0 Å². The zero-order chi connectivity index (χ0) is 11.6. The van der Waals surface area contributed by atoms with E-state index in [1.54, 1.807) is 0 Å². The van der Waals surface area contributed by atoms with E-state index in [4.69, 9.17) is 10.5 Å². The molecule has 86 valence electrons. The van der Waals surface area contributed by atoms with Gasteiger partial charge in [0.15, 0.2) is 0 Å². The second kappa shape index (κ2) is 4.30. The fraction of sp³-hybridized carbons (Fsp3) is 0.429. The van der Waals surface area contributed by atoms with Crippen LogP contribution in [0.4, 0.5) is 0 Å². The molecule has 16 heavy (non-hydrogen) atoms. The van der Waals surface area contributed by atoms with E-state index in [-0.39, 0.29) is 5.54 Å². The van der Waals surface area contributed by atoms with Gasteiger partial charge in [-0.05, 0) is 49.5 Å². The number of hydrogen-bond donors (Lipinski definition) is 1. The molecule has 2 nitrogen and oxygen atoms in total. The number of ether oxygens (including phenoxy) is 1. The van der Waals surface area contributed by atoms with Crippen LogP contribution in [0.5, 0.6) is 5.75 Å². The average Bonchev–Trinajstić information content (AvgIpc) is 2.24. The maximum absolute atomic E-state index is 6.24. The van der Waals surface area contributed by atoms with Crippen LogP contribution in [-0.4, -0.2) is 6.61 Å². The van der Waals surface area contributed by atoms with Gasteiger partial charge in [0.05, 0.1) is 0 Å². The molecule has 1 aromatic carbocycles. The Balaban J connectivity index is 2.02. The van der Waals surface area contributed by atoms with Crippen LogP contribution in [0.2, 0.25) is 0 Å². The summed E-state index contributed by atoms with van der Waals surface area (Å²) >= 11 is 0. The van der Waals surface area contributed by atoms with Crippen molar-refractivity contribution in [2.75, 3.05) is 6.61 Å². The standard InChI is InChI=1S/C14H19NO/c1-11(2)10-16-13-6-4-12(5-7-13)14(15)8-3-9-14/h4-7H,1,3,8-10,15H2,2H3. The lowest BCUT2D eigenvalue weighted by atomic mass is 9.73. The molecule has 2 N–H and O–H groups in total.